The largest absolute Gasteiger partial charge is 0.353 e. The Balaban J connectivity index is 1.59. The Morgan fingerprint density at radius 3 is 2.71 bits per heavy atom. The number of anilines is 1. The lowest BCUT2D eigenvalue weighted by Gasteiger charge is -2.36. The number of hydrogen-bond donors (Lipinski definition) is 1. The van der Waals surface area contributed by atoms with Gasteiger partial charge >= 0.3 is 0 Å². The van der Waals surface area contributed by atoms with Gasteiger partial charge in [0.1, 0.15) is 5.82 Å². The highest BCUT2D eigenvalue weighted by molar-refractivity contribution is 7.09. The first-order valence-electron chi connectivity index (χ1n) is 9.43. The minimum absolute atomic E-state index is 0.135. The molecule has 0 bridgehead atoms. The van der Waals surface area contributed by atoms with E-state index in [1.54, 1.807) is 18.3 Å². The SMILES string of the molecule is CC(=O)N1CCN(c2nc3cc(Cl)ccc3cc2CNCc2cccs2)CC1. The zero-order valence-corrected chi connectivity index (χ0v) is 17.4. The number of nitrogens with zero attached hydrogens (tertiary/aromatic N) is 3. The summed E-state index contributed by atoms with van der Waals surface area (Å²) in [6.45, 7) is 6.25. The van der Waals surface area contributed by atoms with Crippen molar-refractivity contribution < 1.29 is 4.79 Å². The number of nitrogens with one attached hydrogen (secondary N) is 1. The van der Waals surface area contributed by atoms with Gasteiger partial charge in [-0.15, -0.1) is 11.3 Å². The first kappa shape index (κ1) is 19.2. The van der Waals surface area contributed by atoms with Crippen molar-refractivity contribution in [3.8, 4) is 0 Å². The van der Waals surface area contributed by atoms with Gasteiger partial charge in [0.15, 0.2) is 0 Å². The van der Waals surface area contributed by atoms with E-state index in [4.69, 9.17) is 16.6 Å². The fourth-order valence-electron chi connectivity index (χ4n) is 3.54. The van der Waals surface area contributed by atoms with Crippen molar-refractivity contribution in [1.29, 1.82) is 0 Å². The summed E-state index contributed by atoms with van der Waals surface area (Å²) in [6.07, 6.45) is 0. The quantitative estimate of drug-likeness (QED) is 0.687. The van der Waals surface area contributed by atoms with Crippen LogP contribution in [0.2, 0.25) is 5.02 Å². The van der Waals surface area contributed by atoms with Gasteiger partial charge in [0.2, 0.25) is 5.91 Å². The van der Waals surface area contributed by atoms with Crippen LogP contribution < -0.4 is 10.2 Å². The van der Waals surface area contributed by atoms with Crippen LogP contribution in [-0.2, 0) is 17.9 Å². The Hall–Kier alpha value is -2.15. The van der Waals surface area contributed by atoms with Crippen molar-refractivity contribution in [3.05, 3.63) is 57.2 Å². The van der Waals surface area contributed by atoms with Gasteiger partial charge in [-0.05, 0) is 29.6 Å². The van der Waals surface area contributed by atoms with E-state index in [1.165, 1.54) is 10.4 Å². The smallest absolute Gasteiger partial charge is 0.219 e. The van der Waals surface area contributed by atoms with Gasteiger partial charge in [-0.2, -0.15) is 0 Å². The van der Waals surface area contributed by atoms with Gasteiger partial charge in [-0.1, -0.05) is 23.7 Å². The van der Waals surface area contributed by atoms with Gasteiger partial charge in [-0.25, -0.2) is 4.98 Å². The summed E-state index contributed by atoms with van der Waals surface area (Å²) in [6, 6.07) is 12.2. The summed E-state index contributed by atoms with van der Waals surface area (Å²) in [7, 11) is 0. The normalized spacial score (nSPS) is 14.6. The van der Waals surface area contributed by atoms with Crippen LogP contribution in [0, 0.1) is 0 Å². The molecule has 0 atom stereocenters. The number of aromatic nitrogens is 1. The number of carbonyl (C=O) groups excluding carboxylic acids is 1. The van der Waals surface area contributed by atoms with Gasteiger partial charge in [0.25, 0.3) is 0 Å². The average molecular weight is 415 g/mol. The predicted octanol–water partition coefficient (Wildman–Crippen LogP) is 3.91. The molecule has 1 aromatic carbocycles. The van der Waals surface area contributed by atoms with Crippen LogP contribution in [0.3, 0.4) is 0 Å². The fourth-order valence-corrected chi connectivity index (χ4v) is 4.39. The minimum atomic E-state index is 0.135. The van der Waals surface area contributed by atoms with E-state index in [-0.39, 0.29) is 5.91 Å². The van der Waals surface area contributed by atoms with Gasteiger partial charge in [0.05, 0.1) is 5.52 Å². The molecule has 146 valence electrons. The first-order valence-corrected chi connectivity index (χ1v) is 10.7. The summed E-state index contributed by atoms with van der Waals surface area (Å²) < 4.78 is 0. The van der Waals surface area contributed by atoms with Crippen LogP contribution in [0.15, 0.2) is 41.8 Å². The molecule has 3 aromatic rings. The van der Waals surface area contributed by atoms with Crippen LogP contribution in [0.25, 0.3) is 10.9 Å². The Morgan fingerprint density at radius 2 is 2.00 bits per heavy atom. The molecule has 0 spiro atoms. The van der Waals surface area contributed by atoms with Gasteiger partial charge in [-0.3, -0.25) is 4.79 Å². The van der Waals surface area contributed by atoms with Crippen LogP contribution >= 0.6 is 22.9 Å². The minimum Gasteiger partial charge on any atom is -0.353 e. The Labute approximate surface area is 173 Å². The summed E-state index contributed by atoms with van der Waals surface area (Å²) in [5, 5.41) is 7.41. The monoisotopic (exact) mass is 414 g/mol. The third-order valence-electron chi connectivity index (χ3n) is 5.06. The molecule has 3 heterocycles. The number of thiophene rings is 1. The van der Waals surface area contributed by atoms with E-state index >= 15 is 0 Å². The summed E-state index contributed by atoms with van der Waals surface area (Å²) >= 11 is 7.94. The third-order valence-corrected chi connectivity index (χ3v) is 6.17. The van der Waals surface area contributed by atoms with Crippen LogP contribution in [-0.4, -0.2) is 42.0 Å². The molecule has 1 amide bonds. The molecule has 4 rings (SSSR count). The van der Waals surface area contributed by atoms with E-state index < -0.39 is 0 Å². The van der Waals surface area contributed by atoms with Crippen LogP contribution in [0.5, 0.6) is 0 Å². The predicted molar refractivity (Wildman–Crippen MR) is 116 cm³/mol. The second kappa shape index (κ2) is 8.47. The topological polar surface area (TPSA) is 48.5 Å². The van der Waals surface area contributed by atoms with Gasteiger partial charge in [0, 0.05) is 67.0 Å². The number of rotatable bonds is 5. The van der Waals surface area contributed by atoms with E-state index in [0.717, 1.165) is 56.0 Å². The van der Waals surface area contributed by atoms with E-state index in [1.807, 2.05) is 23.1 Å². The van der Waals surface area contributed by atoms with Crippen molar-refractivity contribution in [1.82, 2.24) is 15.2 Å². The van der Waals surface area contributed by atoms with E-state index in [2.05, 4.69) is 33.8 Å². The molecule has 0 aliphatic carbocycles. The lowest BCUT2D eigenvalue weighted by molar-refractivity contribution is -0.129. The molecule has 1 aliphatic rings. The van der Waals surface area contributed by atoms with Crippen LogP contribution in [0.4, 0.5) is 5.82 Å². The highest BCUT2D eigenvalue weighted by Crippen LogP contribution is 2.27. The molecule has 1 fully saturated rings. The molecule has 1 N–H and O–H groups in total. The fraction of sp³-hybridized carbons (Fsp3) is 0.333. The van der Waals surface area contributed by atoms with Crippen molar-refractivity contribution in [2.45, 2.75) is 20.0 Å². The molecular weight excluding hydrogens is 392 g/mol. The summed E-state index contributed by atoms with van der Waals surface area (Å²) in [5.74, 6) is 1.12. The third kappa shape index (κ3) is 4.29. The maximum atomic E-state index is 11.6. The zero-order valence-electron chi connectivity index (χ0n) is 15.8. The second-order valence-corrected chi connectivity index (χ2v) is 8.45. The van der Waals surface area contributed by atoms with Crippen molar-refractivity contribution >= 4 is 45.6 Å². The van der Waals surface area contributed by atoms with Crippen molar-refractivity contribution in [2.24, 2.45) is 0 Å². The highest BCUT2D eigenvalue weighted by Gasteiger charge is 2.22. The second-order valence-electron chi connectivity index (χ2n) is 6.98. The molecule has 7 heteroatoms. The Morgan fingerprint density at radius 1 is 1.18 bits per heavy atom. The first-order chi connectivity index (χ1) is 13.6. The lowest BCUT2D eigenvalue weighted by Crippen LogP contribution is -2.48. The zero-order chi connectivity index (χ0) is 19.5. The molecule has 2 aromatic heterocycles. The average Bonchev–Trinajstić information content (AvgIpc) is 3.21. The number of carbonyl (C=O) groups is 1. The van der Waals surface area contributed by atoms with Gasteiger partial charge < -0.3 is 15.1 Å². The molecule has 1 aliphatic heterocycles. The lowest BCUT2D eigenvalue weighted by atomic mass is 10.1. The van der Waals surface area contributed by atoms with Crippen LogP contribution in [0.1, 0.15) is 17.4 Å². The maximum Gasteiger partial charge on any atom is 0.219 e. The molecule has 1 saturated heterocycles. The molecule has 28 heavy (non-hydrogen) atoms. The Kier molecular flexibility index (Phi) is 5.80. The standard InChI is InChI=1S/C21H23ClN4OS/c1-15(27)25-6-8-26(9-7-25)21-17(13-23-14-19-3-2-10-28-19)11-16-4-5-18(22)12-20(16)24-21/h2-5,10-12,23H,6-9,13-14H2,1H3. The Bertz CT molecular complexity index is 968. The summed E-state index contributed by atoms with van der Waals surface area (Å²) in [5.41, 5.74) is 2.07. The number of hydrogen-bond acceptors (Lipinski definition) is 5. The number of pyridine rings is 1. The molecule has 0 saturated carbocycles. The van der Waals surface area contributed by atoms with E-state index in [0.29, 0.717) is 5.02 Å². The number of piperazine rings is 1. The number of halogens is 1. The summed E-state index contributed by atoms with van der Waals surface area (Å²) in [4.78, 5) is 22.1. The molecule has 0 radical (unpaired) electrons. The van der Waals surface area contributed by atoms with Crippen molar-refractivity contribution in [2.75, 3.05) is 31.1 Å². The van der Waals surface area contributed by atoms with Crippen molar-refractivity contribution in [3.63, 3.8) is 0 Å². The molecular formula is C21H23ClN4OS. The molecule has 5 nitrogen and oxygen atoms in total. The maximum absolute atomic E-state index is 11.6. The number of fused-ring (bicyclic) bond motifs is 1. The highest BCUT2D eigenvalue weighted by atomic mass is 35.5. The van der Waals surface area contributed by atoms with E-state index in [9.17, 15) is 4.79 Å². The molecule has 0 unspecified atom stereocenters. The number of benzene rings is 1. The number of amides is 1.